The summed E-state index contributed by atoms with van der Waals surface area (Å²) in [5, 5.41) is 5.85. The predicted molar refractivity (Wildman–Crippen MR) is 87.6 cm³/mol. The van der Waals surface area contributed by atoms with Crippen LogP contribution in [0.4, 0.5) is 5.69 Å². The number of rotatable bonds is 3. The second kappa shape index (κ2) is 6.39. The summed E-state index contributed by atoms with van der Waals surface area (Å²) in [7, 11) is 0. The zero-order chi connectivity index (χ0) is 15.5. The van der Waals surface area contributed by atoms with Crippen molar-refractivity contribution in [3.8, 4) is 10.7 Å². The molecule has 0 radical (unpaired) electrons. The summed E-state index contributed by atoms with van der Waals surface area (Å²) in [6.07, 6.45) is 4.74. The van der Waals surface area contributed by atoms with Crippen molar-refractivity contribution in [1.82, 2.24) is 15.0 Å². The molecule has 8 heteroatoms. The Bertz CT molecular complexity index is 823. The van der Waals surface area contributed by atoms with Gasteiger partial charge in [0.05, 0.1) is 16.9 Å². The van der Waals surface area contributed by atoms with Crippen LogP contribution in [0.15, 0.2) is 42.2 Å². The number of carbonyl (C=O) groups excluding carboxylic acids is 1. The molecule has 0 aliphatic carbocycles. The minimum absolute atomic E-state index is 0.279. The number of hydrogen-bond donors (Lipinski definition) is 1. The molecular weight excluding hydrogens is 343 g/mol. The van der Waals surface area contributed by atoms with E-state index in [0.29, 0.717) is 26.4 Å². The Balaban J connectivity index is 1.81. The lowest BCUT2D eigenvalue weighted by molar-refractivity contribution is 0.102. The highest BCUT2D eigenvalue weighted by atomic mass is 35.5. The molecule has 0 saturated carbocycles. The summed E-state index contributed by atoms with van der Waals surface area (Å²) in [4.78, 5) is 24.6. The van der Waals surface area contributed by atoms with Gasteiger partial charge in [0.2, 0.25) is 0 Å². The largest absolute Gasteiger partial charge is 0.319 e. The first-order valence-electron chi connectivity index (χ1n) is 6.12. The Morgan fingerprint density at radius 3 is 2.86 bits per heavy atom. The summed E-state index contributed by atoms with van der Waals surface area (Å²) < 4.78 is 0. The topological polar surface area (TPSA) is 67.8 Å². The zero-order valence-corrected chi connectivity index (χ0v) is 13.3. The molecule has 0 saturated heterocycles. The molecule has 0 bridgehead atoms. The van der Waals surface area contributed by atoms with Crippen LogP contribution in [0.3, 0.4) is 0 Å². The summed E-state index contributed by atoms with van der Waals surface area (Å²) in [6.45, 7) is 0. The van der Waals surface area contributed by atoms with Gasteiger partial charge in [-0.2, -0.15) is 0 Å². The first-order valence-corrected chi connectivity index (χ1v) is 7.75. The van der Waals surface area contributed by atoms with E-state index < -0.39 is 0 Å². The summed E-state index contributed by atoms with van der Waals surface area (Å²) in [5.74, 6) is -0.365. The highest BCUT2D eigenvalue weighted by molar-refractivity contribution is 7.13. The number of halogens is 2. The molecule has 5 nitrogen and oxygen atoms in total. The molecule has 1 N–H and O–H groups in total. The minimum atomic E-state index is -0.365. The predicted octanol–water partition coefficient (Wildman–Crippen LogP) is 4.16. The molecule has 3 rings (SSSR count). The maximum absolute atomic E-state index is 12.2. The smallest absolute Gasteiger partial charge is 0.275 e. The van der Waals surface area contributed by atoms with Crippen molar-refractivity contribution < 1.29 is 4.79 Å². The first kappa shape index (κ1) is 14.9. The van der Waals surface area contributed by atoms with Crippen LogP contribution >= 0.6 is 34.5 Å². The Hall–Kier alpha value is -2.02. The standard InChI is InChI=1S/C14H8Cl2N4OS/c15-8-1-2-9(16)10(5-8)19-13(21)12-7-22-14(20-12)11-6-17-3-4-18-11/h1-7H,(H,19,21). The van der Waals surface area contributed by atoms with Crippen molar-refractivity contribution in [3.63, 3.8) is 0 Å². The molecule has 22 heavy (non-hydrogen) atoms. The van der Waals surface area contributed by atoms with E-state index in [-0.39, 0.29) is 11.6 Å². The molecule has 110 valence electrons. The number of hydrogen-bond acceptors (Lipinski definition) is 5. The average Bonchev–Trinajstić information content (AvgIpc) is 3.02. The van der Waals surface area contributed by atoms with Crippen LogP contribution in [0, 0.1) is 0 Å². The van der Waals surface area contributed by atoms with Crippen LogP contribution in [0.2, 0.25) is 10.0 Å². The quantitative estimate of drug-likeness (QED) is 0.769. The van der Waals surface area contributed by atoms with E-state index in [4.69, 9.17) is 23.2 Å². The van der Waals surface area contributed by atoms with Gasteiger partial charge >= 0.3 is 0 Å². The van der Waals surface area contributed by atoms with Crippen LogP contribution in [-0.2, 0) is 0 Å². The van der Waals surface area contributed by atoms with E-state index >= 15 is 0 Å². The Morgan fingerprint density at radius 2 is 2.09 bits per heavy atom. The van der Waals surface area contributed by atoms with Gasteiger partial charge in [-0.3, -0.25) is 14.8 Å². The highest BCUT2D eigenvalue weighted by Crippen LogP contribution is 2.26. The zero-order valence-electron chi connectivity index (χ0n) is 11.0. The number of nitrogens with one attached hydrogen (secondary N) is 1. The van der Waals surface area contributed by atoms with Gasteiger partial charge in [-0.25, -0.2) is 4.98 Å². The molecular formula is C14H8Cl2N4OS. The molecule has 0 aliphatic rings. The van der Waals surface area contributed by atoms with Gasteiger partial charge in [0, 0.05) is 22.8 Å². The molecule has 2 aromatic heterocycles. The van der Waals surface area contributed by atoms with Crippen molar-refractivity contribution in [2.75, 3.05) is 5.32 Å². The van der Waals surface area contributed by atoms with Crippen LogP contribution in [0.25, 0.3) is 10.7 Å². The number of thiazole rings is 1. The fourth-order valence-corrected chi connectivity index (χ4v) is 2.78. The molecule has 1 aromatic carbocycles. The van der Waals surface area contributed by atoms with Gasteiger partial charge in [-0.1, -0.05) is 23.2 Å². The van der Waals surface area contributed by atoms with Crippen LogP contribution in [-0.4, -0.2) is 20.9 Å². The molecule has 0 aliphatic heterocycles. The number of nitrogens with zero attached hydrogens (tertiary/aromatic N) is 3. The fourth-order valence-electron chi connectivity index (χ4n) is 1.68. The van der Waals surface area contributed by atoms with Gasteiger partial charge in [0.15, 0.2) is 0 Å². The normalized spacial score (nSPS) is 10.5. The number of amides is 1. The second-order valence-corrected chi connectivity index (χ2v) is 5.91. The fraction of sp³-hybridized carbons (Fsp3) is 0. The first-order chi connectivity index (χ1) is 10.6. The number of anilines is 1. The third-order valence-electron chi connectivity index (χ3n) is 2.70. The van der Waals surface area contributed by atoms with Gasteiger partial charge in [0.1, 0.15) is 16.4 Å². The van der Waals surface area contributed by atoms with Crippen LogP contribution in [0.1, 0.15) is 10.5 Å². The molecule has 2 heterocycles. The summed E-state index contributed by atoms with van der Waals surface area (Å²) >= 11 is 13.2. The SMILES string of the molecule is O=C(Nc1cc(Cl)ccc1Cl)c1csc(-c2cnccn2)n1. The molecule has 0 fully saturated rings. The van der Waals surface area contributed by atoms with E-state index in [9.17, 15) is 4.79 Å². The Morgan fingerprint density at radius 1 is 1.23 bits per heavy atom. The molecule has 1 amide bonds. The van der Waals surface area contributed by atoms with Gasteiger partial charge < -0.3 is 5.32 Å². The van der Waals surface area contributed by atoms with Gasteiger partial charge in [-0.15, -0.1) is 11.3 Å². The van der Waals surface area contributed by atoms with Crippen LogP contribution < -0.4 is 5.32 Å². The van der Waals surface area contributed by atoms with Crippen LogP contribution in [0.5, 0.6) is 0 Å². The maximum atomic E-state index is 12.2. The van der Waals surface area contributed by atoms with E-state index in [1.807, 2.05) is 0 Å². The monoisotopic (exact) mass is 350 g/mol. The van der Waals surface area contributed by atoms with Crippen molar-refractivity contribution in [3.05, 3.63) is 57.9 Å². The highest BCUT2D eigenvalue weighted by Gasteiger charge is 2.14. The molecule has 0 unspecified atom stereocenters. The van der Waals surface area contributed by atoms with E-state index in [1.165, 1.54) is 11.3 Å². The lowest BCUT2D eigenvalue weighted by Gasteiger charge is -2.05. The number of carbonyl (C=O) groups is 1. The van der Waals surface area contributed by atoms with Gasteiger partial charge in [-0.05, 0) is 18.2 Å². The van der Waals surface area contributed by atoms with Crippen molar-refractivity contribution >= 4 is 46.1 Å². The van der Waals surface area contributed by atoms with E-state index in [2.05, 4.69) is 20.3 Å². The summed E-state index contributed by atoms with van der Waals surface area (Å²) in [6, 6.07) is 4.85. The van der Waals surface area contributed by atoms with Crippen molar-refractivity contribution in [2.45, 2.75) is 0 Å². The second-order valence-electron chi connectivity index (χ2n) is 4.21. The van der Waals surface area contributed by atoms with Gasteiger partial charge in [0.25, 0.3) is 5.91 Å². The lowest BCUT2D eigenvalue weighted by atomic mass is 10.3. The lowest BCUT2D eigenvalue weighted by Crippen LogP contribution is -2.12. The Labute approximate surface area is 140 Å². The van der Waals surface area contributed by atoms with Crippen molar-refractivity contribution in [2.24, 2.45) is 0 Å². The maximum Gasteiger partial charge on any atom is 0.275 e. The molecule has 0 spiro atoms. The average molecular weight is 351 g/mol. The third-order valence-corrected chi connectivity index (χ3v) is 4.13. The molecule has 0 atom stereocenters. The van der Waals surface area contributed by atoms with Crippen molar-refractivity contribution in [1.29, 1.82) is 0 Å². The Kier molecular flexibility index (Phi) is 4.33. The third kappa shape index (κ3) is 3.24. The number of aromatic nitrogens is 3. The number of benzene rings is 1. The summed E-state index contributed by atoms with van der Waals surface area (Å²) in [5.41, 5.74) is 1.34. The van der Waals surface area contributed by atoms with E-state index in [1.54, 1.807) is 42.2 Å². The van der Waals surface area contributed by atoms with E-state index in [0.717, 1.165) is 0 Å². The molecule has 3 aromatic rings. The minimum Gasteiger partial charge on any atom is -0.319 e.